The van der Waals surface area contributed by atoms with E-state index in [9.17, 15) is 5.11 Å². The summed E-state index contributed by atoms with van der Waals surface area (Å²) in [5.74, 6) is 1.21. The average molecular weight is 175 g/mol. The molecule has 3 heteroatoms. The molecule has 66 valence electrons. The Morgan fingerprint density at radius 2 is 2.45 bits per heavy atom. The third-order valence-electron chi connectivity index (χ3n) is 2.35. The van der Waals surface area contributed by atoms with E-state index < -0.39 is 0 Å². The molecule has 1 heterocycles. The van der Waals surface area contributed by atoms with Gasteiger partial charge in [0.1, 0.15) is 0 Å². The van der Waals surface area contributed by atoms with Crippen LogP contribution in [0.3, 0.4) is 0 Å². The van der Waals surface area contributed by atoms with Crippen molar-refractivity contribution in [3.63, 3.8) is 0 Å². The lowest BCUT2D eigenvalue weighted by Crippen LogP contribution is -2.40. The van der Waals surface area contributed by atoms with Crippen LogP contribution in [0.5, 0.6) is 0 Å². The number of aliphatic hydroxyl groups excluding tert-OH is 1. The van der Waals surface area contributed by atoms with E-state index in [4.69, 9.17) is 0 Å². The molecule has 0 amide bonds. The molecule has 1 fully saturated rings. The lowest BCUT2D eigenvalue weighted by atomic mass is 9.99. The highest BCUT2D eigenvalue weighted by atomic mass is 32.2. The second-order valence-electron chi connectivity index (χ2n) is 3.34. The Labute approximate surface area is 72.8 Å². The van der Waals surface area contributed by atoms with Crippen LogP contribution >= 0.6 is 11.8 Å². The number of thioether (sulfide) groups is 1. The number of hydrogen-bond donors (Lipinski definition) is 2. The van der Waals surface area contributed by atoms with E-state index in [-0.39, 0.29) is 10.9 Å². The Morgan fingerprint density at radius 1 is 1.73 bits per heavy atom. The molecule has 1 aliphatic rings. The SMILES string of the molecule is CNCC(O)C1(C)CCCS1. The van der Waals surface area contributed by atoms with Crippen molar-refractivity contribution in [3.05, 3.63) is 0 Å². The zero-order chi connectivity index (χ0) is 8.32. The van der Waals surface area contributed by atoms with E-state index in [0.29, 0.717) is 6.54 Å². The van der Waals surface area contributed by atoms with Crippen molar-refractivity contribution in [2.45, 2.75) is 30.6 Å². The summed E-state index contributed by atoms with van der Waals surface area (Å²) in [5, 5.41) is 12.7. The third-order valence-corrected chi connectivity index (χ3v) is 3.98. The molecule has 11 heavy (non-hydrogen) atoms. The first-order valence-corrected chi connectivity index (χ1v) is 5.14. The van der Waals surface area contributed by atoms with E-state index in [2.05, 4.69) is 12.2 Å². The van der Waals surface area contributed by atoms with Gasteiger partial charge in [0, 0.05) is 11.3 Å². The van der Waals surface area contributed by atoms with Gasteiger partial charge in [0.15, 0.2) is 0 Å². The van der Waals surface area contributed by atoms with E-state index >= 15 is 0 Å². The first-order valence-electron chi connectivity index (χ1n) is 4.16. The molecule has 1 rings (SSSR count). The smallest absolute Gasteiger partial charge is 0.0808 e. The van der Waals surface area contributed by atoms with Gasteiger partial charge >= 0.3 is 0 Å². The summed E-state index contributed by atoms with van der Waals surface area (Å²) in [6.45, 7) is 2.87. The van der Waals surface area contributed by atoms with Crippen LogP contribution in [0.15, 0.2) is 0 Å². The fourth-order valence-corrected chi connectivity index (χ4v) is 2.79. The first kappa shape index (κ1) is 9.36. The van der Waals surface area contributed by atoms with Crippen LogP contribution in [-0.2, 0) is 0 Å². The molecule has 2 unspecified atom stereocenters. The van der Waals surface area contributed by atoms with Gasteiger partial charge in [0.2, 0.25) is 0 Å². The lowest BCUT2D eigenvalue weighted by Gasteiger charge is -2.28. The number of aliphatic hydroxyl groups is 1. The Balaban J connectivity index is 2.42. The van der Waals surface area contributed by atoms with Gasteiger partial charge < -0.3 is 10.4 Å². The molecule has 2 nitrogen and oxygen atoms in total. The molecule has 0 aromatic heterocycles. The van der Waals surface area contributed by atoms with Gasteiger partial charge in [0.25, 0.3) is 0 Å². The highest BCUT2D eigenvalue weighted by Crippen LogP contribution is 2.40. The summed E-state index contributed by atoms with van der Waals surface area (Å²) in [6.07, 6.45) is 2.21. The second-order valence-corrected chi connectivity index (χ2v) is 4.97. The molecule has 0 bridgehead atoms. The Morgan fingerprint density at radius 3 is 2.91 bits per heavy atom. The molecule has 1 aliphatic heterocycles. The fourth-order valence-electron chi connectivity index (χ4n) is 1.47. The van der Waals surface area contributed by atoms with E-state index in [1.807, 2.05) is 18.8 Å². The third kappa shape index (κ3) is 2.10. The molecule has 0 radical (unpaired) electrons. The van der Waals surface area contributed by atoms with Gasteiger partial charge in [-0.15, -0.1) is 0 Å². The van der Waals surface area contributed by atoms with Crippen molar-refractivity contribution in [2.24, 2.45) is 0 Å². The van der Waals surface area contributed by atoms with Gasteiger partial charge in [-0.2, -0.15) is 11.8 Å². The predicted molar refractivity (Wildman–Crippen MR) is 50.0 cm³/mol. The van der Waals surface area contributed by atoms with Crippen molar-refractivity contribution in [1.82, 2.24) is 5.32 Å². The Kier molecular flexibility index (Phi) is 3.22. The van der Waals surface area contributed by atoms with Gasteiger partial charge in [-0.1, -0.05) is 0 Å². The lowest BCUT2D eigenvalue weighted by molar-refractivity contribution is 0.134. The standard InChI is InChI=1S/C8H17NOS/c1-8(4-3-5-11-8)7(10)6-9-2/h7,9-10H,3-6H2,1-2H3. The first-order chi connectivity index (χ1) is 5.19. The van der Waals surface area contributed by atoms with Crippen molar-refractivity contribution < 1.29 is 5.11 Å². The van der Waals surface area contributed by atoms with Crippen LogP contribution in [0.4, 0.5) is 0 Å². The topological polar surface area (TPSA) is 32.3 Å². The Hall–Kier alpha value is 0.270. The van der Waals surface area contributed by atoms with Crippen LogP contribution in [0.25, 0.3) is 0 Å². The predicted octanol–water partition coefficient (Wildman–Crippen LogP) is 0.852. The zero-order valence-corrected chi connectivity index (χ0v) is 8.08. The number of nitrogens with one attached hydrogen (secondary N) is 1. The van der Waals surface area contributed by atoms with E-state index in [1.54, 1.807) is 0 Å². The van der Waals surface area contributed by atoms with Gasteiger partial charge in [-0.3, -0.25) is 0 Å². The summed E-state index contributed by atoms with van der Waals surface area (Å²) in [4.78, 5) is 0. The van der Waals surface area contributed by atoms with E-state index in [1.165, 1.54) is 12.2 Å². The number of hydrogen-bond acceptors (Lipinski definition) is 3. The molecule has 2 N–H and O–H groups in total. The molecular weight excluding hydrogens is 158 g/mol. The molecule has 1 saturated heterocycles. The van der Waals surface area contributed by atoms with Gasteiger partial charge in [-0.05, 0) is 32.6 Å². The fraction of sp³-hybridized carbons (Fsp3) is 1.00. The highest BCUT2D eigenvalue weighted by Gasteiger charge is 2.36. The molecule has 0 spiro atoms. The second kappa shape index (κ2) is 3.78. The summed E-state index contributed by atoms with van der Waals surface area (Å²) in [5.41, 5.74) is 0. The summed E-state index contributed by atoms with van der Waals surface area (Å²) >= 11 is 1.90. The maximum Gasteiger partial charge on any atom is 0.0808 e. The van der Waals surface area contributed by atoms with Crippen molar-refractivity contribution in [2.75, 3.05) is 19.3 Å². The largest absolute Gasteiger partial charge is 0.390 e. The molecular formula is C8H17NOS. The van der Waals surface area contributed by atoms with Crippen LogP contribution < -0.4 is 5.32 Å². The molecule has 0 aromatic carbocycles. The maximum atomic E-state index is 9.72. The van der Waals surface area contributed by atoms with Crippen molar-refractivity contribution in [1.29, 1.82) is 0 Å². The zero-order valence-electron chi connectivity index (χ0n) is 7.26. The summed E-state index contributed by atoms with van der Waals surface area (Å²) < 4.78 is 0.114. The highest BCUT2D eigenvalue weighted by molar-refractivity contribution is 8.00. The average Bonchev–Trinajstić information content (AvgIpc) is 2.38. The molecule has 0 aliphatic carbocycles. The minimum Gasteiger partial charge on any atom is -0.390 e. The van der Waals surface area contributed by atoms with E-state index in [0.717, 1.165) is 6.42 Å². The summed E-state index contributed by atoms with van der Waals surface area (Å²) in [7, 11) is 1.88. The maximum absolute atomic E-state index is 9.72. The molecule has 2 atom stereocenters. The van der Waals surface area contributed by atoms with Crippen LogP contribution in [0.1, 0.15) is 19.8 Å². The summed E-state index contributed by atoms with van der Waals surface area (Å²) in [6, 6.07) is 0. The normalized spacial score (nSPS) is 34.1. The Bertz CT molecular complexity index is 123. The number of rotatable bonds is 3. The minimum absolute atomic E-state index is 0.114. The van der Waals surface area contributed by atoms with Crippen molar-refractivity contribution >= 4 is 11.8 Å². The molecule has 0 aromatic rings. The van der Waals surface area contributed by atoms with Gasteiger partial charge in [-0.25, -0.2) is 0 Å². The molecule has 0 saturated carbocycles. The van der Waals surface area contributed by atoms with Gasteiger partial charge in [0.05, 0.1) is 6.10 Å². The van der Waals surface area contributed by atoms with Crippen LogP contribution in [0.2, 0.25) is 0 Å². The minimum atomic E-state index is -0.194. The quantitative estimate of drug-likeness (QED) is 0.667. The monoisotopic (exact) mass is 175 g/mol. The van der Waals surface area contributed by atoms with Crippen molar-refractivity contribution in [3.8, 4) is 0 Å². The van der Waals surface area contributed by atoms with Crippen LogP contribution in [-0.4, -0.2) is 35.3 Å². The van der Waals surface area contributed by atoms with Crippen LogP contribution in [0, 0.1) is 0 Å². The number of likely N-dealkylation sites (N-methyl/N-ethyl adjacent to an activating group) is 1.